The Labute approximate surface area is 95.2 Å². The number of nitrogens with zero attached hydrogens (tertiary/aromatic N) is 3. The van der Waals surface area contributed by atoms with Crippen LogP contribution in [-0.2, 0) is 18.3 Å². The number of aryl methyl sites for hydroxylation is 1. The van der Waals surface area contributed by atoms with E-state index in [1.165, 1.54) is 0 Å². The van der Waals surface area contributed by atoms with Gasteiger partial charge in [-0.3, -0.25) is 9.48 Å². The molecule has 0 bridgehead atoms. The number of nitrogens with two attached hydrogens (primary N) is 1. The molecule has 0 spiro atoms. The molecule has 1 unspecified atom stereocenters. The lowest BCUT2D eigenvalue weighted by atomic mass is 10.2. The lowest BCUT2D eigenvalue weighted by molar-refractivity contribution is -0.121. The zero-order chi connectivity index (χ0) is 12.0. The first kappa shape index (κ1) is 12.6. The number of aromatic nitrogens is 3. The third kappa shape index (κ3) is 4.88. The number of carbonyl (C=O) groups is 1. The number of rotatable bonds is 6. The fraction of sp³-hybridized carbons (Fsp3) is 0.700. The van der Waals surface area contributed by atoms with E-state index < -0.39 is 0 Å². The molecule has 1 aromatic rings. The third-order valence-corrected chi connectivity index (χ3v) is 2.14. The van der Waals surface area contributed by atoms with Crippen LogP contribution in [0.25, 0.3) is 0 Å². The lowest BCUT2D eigenvalue weighted by Crippen LogP contribution is -2.27. The van der Waals surface area contributed by atoms with E-state index in [-0.39, 0.29) is 11.9 Å². The average molecular weight is 225 g/mol. The van der Waals surface area contributed by atoms with Crippen molar-refractivity contribution in [3.63, 3.8) is 0 Å². The zero-order valence-corrected chi connectivity index (χ0v) is 9.81. The first-order chi connectivity index (χ1) is 7.58. The van der Waals surface area contributed by atoms with Crippen LogP contribution < -0.4 is 11.1 Å². The molecule has 0 aliphatic rings. The van der Waals surface area contributed by atoms with Crippen molar-refractivity contribution in [2.75, 3.05) is 6.54 Å². The summed E-state index contributed by atoms with van der Waals surface area (Å²) in [6.45, 7) is 2.47. The van der Waals surface area contributed by atoms with Crippen LogP contribution in [0, 0.1) is 0 Å². The quantitative estimate of drug-likeness (QED) is 0.690. The molecule has 0 aliphatic carbocycles. The van der Waals surface area contributed by atoms with Gasteiger partial charge < -0.3 is 11.1 Å². The smallest absolute Gasteiger partial charge is 0.220 e. The second kappa shape index (κ2) is 6.22. The molecule has 1 rings (SSSR count). The largest absolute Gasteiger partial charge is 0.356 e. The monoisotopic (exact) mass is 225 g/mol. The van der Waals surface area contributed by atoms with Gasteiger partial charge in [-0.1, -0.05) is 0 Å². The molecule has 6 heteroatoms. The topological polar surface area (TPSA) is 85.8 Å². The molecule has 0 fully saturated rings. The summed E-state index contributed by atoms with van der Waals surface area (Å²) in [4.78, 5) is 15.4. The maximum atomic E-state index is 11.3. The van der Waals surface area contributed by atoms with Crippen molar-refractivity contribution in [3.8, 4) is 0 Å². The van der Waals surface area contributed by atoms with Crippen LogP contribution >= 0.6 is 0 Å². The minimum Gasteiger partial charge on any atom is -0.356 e. The normalized spacial score (nSPS) is 12.4. The summed E-state index contributed by atoms with van der Waals surface area (Å²) in [6.07, 6.45) is 3.50. The SMILES string of the molecule is CC(N)CCC(=O)NCCc1ncn(C)n1. The Bertz CT molecular complexity index is 334. The number of amides is 1. The van der Waals surface area contributed by atoms with Crippen LogP contribution in [0.5, 0.6) is 0 Å². The Morgan fingerprint density at radius 3 is 3.00 bits per heavy atom. The Balaban J connectivity index is 2.13. The van der Waals surface area contributed by atoms with Crippen LogP contribution in [0.3, 0.4) is 0 Å². The summed E-state index contributed by atoms with van der Waals surface area (Å²) in [7, 11) is 1.82. The van der Waals surface area contributed by atoms with Crippen molar-refractivity contribution in [1.82, 2.24) is 20.1 Å². The lowest BCUT2D eigenvalue weighted by Gasteiger charge is -2.05. The fourth-order valence-corrected chi connectivity index (χ4v) is 1.26. The molecular formula is C10H19N5O. The van der Waals surface area contributed by atoms with Gasteiger partial charge in [-0.2, -0.15) is 5.10 Å². The first-order valence-electron chi connectivity index (χ1n) is 5.44. The second-order valence-corrected chi connectivity index (χ2v) is 3.95. The second-order valence-electron chi connectivity index (χ2n) is 3.95. The molecule has 0 radical (unpaired) electrons. The third-order valence-electron chi connectivity index (χ3n) is 2.14. The van der Waals surface area contributed by atoms with Gasteiger partial charge in [0.2, 0.25) is 5.91 Å². The maximum absolute atomic E-state index is 11.3. The molecule has 3 N–H and O–H groups in total. The summed E-state index contributed by atoms with van der Waals surface area (Å²) in [5.41, 5.74) is 5.56. The molecule has 0 aromatic carbocycles. The highest BCUT2D eigenvalue weighted by atomic mass is 16.1. The van der Waals surface area contributed by atoms with Crippen molar-refractivity contribution in [2.24, 2.45) is 12.8 Å². The predicted molar refractivity (Wildman–Crippen MR) is 60.6 cm³/mol. The summed E-state index contributed by atoms with van der Waals surface area (Å²) in [5.74, 6) is 0.781. The van der Waals surface area contributed by atoms with E-state index in [9.17, 15) is 4.79 Å². The number of hydrogen-bond acceptors (Lipinski definition) is 4. The van der Waals surface area contributed by atoms with Crippen LogP contribution in [0.4, 0.5) is 0 Å². The van der Waals surface area contributed by atoms with Crippen molar-refractivity contribution in [2.45, 2.75) is 32.2 Å². The minimum absolute atomic E-state index is 0.0354. The molecule has 1 heterocycles. The molecule has 16 heavy (non-hydrogen) atoms. The van der Waals surface area contributed by atoms with Crippen LogP contribution in [0.15, 0.2) is 6.33 Å². The fourth-order valence-electron chi connectivity index (χ4n) is 1.26. The first-order valence-corrected chi connectivity index (χ1v) is 5.44. The van der Waals surface area contributed by atoms with Gasteiger partial charge in [0.05, 0.1) is 0 Å². The molecule has 0 saturated heterocycles. The molecule has 1 atom stereocenters. The molecule has 1 amide bonds. The molecule has 0 aliphatic heterocycles. The van der Waals surface area contributed by atoms with E-state index in [1.807, 2.05) is 14.0 Å². The van der Waals surface area contributed by atoms with E-state index in [0.717, 1.165) is 5.82 Å². The van der Waals surface area contributed by atoms with E-state index >= 15 is 0 Å². The summed E-state index contributed by atoms with van der Waals surface area (Å²) in [6, 6.07) is 0.0724. The Kier molecular flexibility index (Phi) is 4.91. The van der Waals surface area contributed by atoms with Gasteiger partial charge in [-0.25, -0.2) is 4.98 Å². The molecule has 6 nitrogen and oxygen atoms in total. The van der Waals surface area contributed by atoms with Gasteiger partial charge in [0.1, 0.15) is 6.33 Å². The summed E-state index contributed by atoms with van der Waals surface area (Å²) >= 11 is 0. The van der Waals surface area contributed by atoms with Crippen molar-refractivity contribution < 1.29 is 4.79 Å². The maximum Gasteiger partial charge on any atom is 0.220 e. The van der Waals surface area contributed by atoms with Gasteiger partial charge >= 0.3 is 0 Å². The average Bonchev–Trinajstić information content (AvgIpc) is 2.61. The Morgan fingerprint density at radius 1 is 1.69 bits per heavy atom. The van der Waals surface area contributed by atoms with Crippen LogP contribution in [0.2, 0.25) is 0 Å². The Hall–Kier alpha value is -1.43. The van der Waals surface area contributed by atoms with Crippen LogP contribution in [0.1, 0.15) is 25.6 Å². The van der Waals surface area contributed by atoms with Crippen LogP contribution in [-0.4, -0.2) is 33.3 Å². The number of hydrogen-bond donors (Lipinski definition) is 2. The van der Waals surface area contributed by atoms with Gasteiger partial charge in [-0.15, -0.1) is 0 Å². The predicted octanol–water partition coefficient (Wildman–Crippen LogP) is -0.399. The number of carbonyl (C=O) groups excluding carboxylic acids is 1. The highest BCUT2D eigenvalue weighted by Gasteiger charge is 2.04. The zero-order valence-electron chi connectivity index (χ0n) is 9.81. The van der Waals surface area contributed by atoms with E-state index in [2.05, 4.69) is 15.4 Å². The van der Waals surface area contributed by atoms with Gasteiger partial charge in [0.25, 0.3) is 0 Å². The molecule has 0 saturated carbocycles. The standard InChI is InChI=1S/C10H19N5O/c1-8(11)3-4-10(16)12-6-5-9-13-7-15(2)14-9/h7-8H,3-6,11H2,1-2H3,(H,12,16). The van der Waals surface area contributed by atoms with Gasteiger partial charge in [0, 0.05) is 32.5 Å². The van der Waals surface area contributed by atoms with E-state index in [1.54, 1.807) is 11.0 Å². The van der Waals surface area contributed by atoms with E-state index in [4.69, 9.17) is 5.73 Å². The summed E-state index contributed by atoms with van der Waals surface area (Å²) < 4.78 is 1.65. The van der Waals surface area contributed by atoms with Crippen molar-refractivity contribution in [1.29, 1.82) is 0 Å². The molecule has 1 aromatic heterocycles. The Morgan fingerprint density at radius 2 is 2.44 bits per heavy atom. The molecule has 90 valence electrons. The van der Waals surface area contributed by atoms with E-state index in [0.29, 0.717) is 25.8 Å². The van der Waals surface area contributed by atoms with Gasteiger partial charge in [-0.05, 0) is 13.3 Å². The highest BCUT2D eigenvalue weighted by Crippen LogP contribution is 1.93. The van der Waals surface area contributed by atoms with Gasteiger partial charge in [0.15, 0.2) is 5.82 Å². The van der Waals surface area contributed by atoms with Crippen molar-refractivity contribution in [3.05, 3.63) is 12.2 Å². The molecular weight excluding hydrogens is 206 g/mol. The summed E-state index contributed by atoms with van der Waals surface area (Å²) in [5, 5.41) is 6.93. The van der Waals surface area contributed by atoms with Crippen molar-refractivity contribution >= 4 is 5.91 Å². The number of nitrogens with one attached hydrogen (secondary N) is 1. The minimum atomic E-state index is 0.0354. The highest BCUT2D eigenvalue weighted by molar-refractivity contribution is 5.75.